The Morgan fingerprint density at radius 1 is 1.29 bits per heavy atom. The number of benzene rings is 2. The highest BCUT2D eigenvalue weighted by Gasteiger charge is 2.29. The van der Waals surface area contributed by atoms with Gasteiger partial charge < -0.3 is 15.4 Å². The van der Waals surface area contributed by atoms with Crippen molar-refractivity contribution in [3.05, 3.63) is 47.0 Å². The van der Waals surface area contributed by atoms with Crippen LogP contribution in [0, 0.1) is 6.92 Å². The number of amides is 2. The molecule has 0 fully saturated rings. The van der Waals surface area contributed by atoms with Gasteiger partial charge in [-0.1, -0.05) is 24.9 Å². The third-order valence-corrected chi connectivity index (χ3v) is 5.88. The first kappa shape index (κ1) is 20.6. The zero-order chi connectivity index (χ0) is 20.1. The number of rotatable bonds is 7. The molecule has 0 aliphatic carbocycles. The minimum absolute atomic E-state index is 0.0900. The van der Waals surface area contributed by atoms with E-state index in [1.54, 1.807) is 12.1 Å². The van der Waals surface area contributed by atoms with Crippen molar-refractivity contribution >= 4 is 46.6 Å². The highest BCUT2D eigenvalue weighted by molar-refractivity contribution is 8.01. The van der Waals surface area contributed by atoms with Gasteiger partial charge in [-0.3, -0.25) is 9.59 Å². The average Bonchev–Trinajstić information content (AvgIpc) is 2.65. The molecule has 3 rings (SSSR count). The molecule has 0 bridgehead atoms. The van der Waals surface area contributed by atoms with E-state index in [0.29, 0.717) is 17.3 Å². The monoisotopic (exact) mass is 418 g/mol. The highest BCUT2D eigenvalue weighted by Crippen LogP contribution is 2.38. The van der Waals surface area contributed by atoms with Crippen LogP contribution in [0.4, 0.5) is 11.4 Å². The number of ether oxygens (including phenoxy) is 1. The predicted octanol–water partition coefficient (Wildman–Crippen LogP) is 5.27. The van der Waals surface area contributed by atoms with E-state index in [1.165, 1.54) is 11.8 Å². The Kier molecular flexibility index (Phi) is 6.86. The molecule has 5 nitrogen and oxygen atoms in total. The molecule has 0 radical (unpaired) electrons. The number of fused-ring (bicyclic) bond motifs is 1. The van der Waals surface area contributed by atoms with E-state index in [0.717, 1.165) is 34.7 Å². The topological polar surface area (TPSA) is 67.4 Å². The normalized spacial score (nSPS) is 15.5. The van der Waals surface area contributed by atoms with Crippen molar-refractivity contribution < 1.29 is 14.3 Å². The molecule has 0 saturated carbocycles. The molecule has 148 valence electrons. The first-order valence-corrected chi connectivity index (χ1v) is 10.5. The molecule has 1 aliphatic heterocycles. The van der Waals surface area contributed by atoms with E-state index in [-0.39, 0.29) is 18.2 Å². The van der Waals surface area contributed by atoms with Gasteiger partial charge in [0, 0.05) is 22.0 Å². The molecule has 0 saturated heterocycles. The summed E-state index contributed by atoms with van der Waals surface area (Å²) in [5.74, 6) is 0.403. The van der Waals surface area contributed by atoms with Crippen molar-refractivity contribution in [2.75, 3.05) is 17.2 Å². The summed E-state index contributed by atoms with van der Waals surface area (Å²) in [6.07, 6.45) is 2.18. The minimum Gasteiger partial charge on any atom is -0.494 e. The quantitative estimate of drug-likeness (QED) is 0.601. The molecule has 7 heteroatoms. The predicted molar refractivity (Wildman–Crippen MR) is 115 cm³/mol. The lowest BCUT2D eigenvalue weighted by Crippen LogP contribution is -2.32. The lowest BCUT2D eigenvalue weighted by atomic mass is 10.1. The molecule has 1 heterocycles. The Morgan fingerprint density at radius 2 is 2.11 bits per heavy atom. The van der Waals surface area contributed by atoms with E-state index in [4.69, 9.17) is 16.3 Å². The van der Waals surface area contributed by atoms with Crippen LogP contribution in [0.2, 0.25) is 5.02 Å². The van der Waals surface area contributed by atoms with Crippen LogP contribution in [0.25, 0.3) is 0 Å². The third-order valence-electron chi connectivity index (χ3n) is 4.37. The van der Waals surface area contributed by atoms with Crippen LogP contribution in [-0.2, 0) is 9.59 Å². The second-order valence-corrected chi connectivity index (χ2v) is 8.35. The van der Waals surface area contributed by atoms with Crippen LogP contribution >= 0.6 is 23.4 Å². The number of hydrogen-bond donors (Lipinski definition) is 2. The molecular formula is C21H23ClN2O3S. The number of aryl methyl sites for hydroxylation is 1. The lowest BCUT2D eigenvalue weighted by molar-refractivity contribution is -0.120. The molecule has 1 atom stereocenters. The number of halogens is 1. The number of carbonyl (C=O) groups is 2. The standard InChI is InChI=1S/C21H23ClN2O3S/c1-3-4-9-27-15-6-7-16(13(2)10-15)23-20(25)12-19-21(26)24-17-11-14(22)5-8-18(17)28-19/h5-8,10-11,19H,3-4,9,12H2,1-2H3,(H,23,25)(H,24,26). The number of thioether (sulfide) groups is 1. The second kappa shape index (κ2) is 9.34. The maximum Gasteiger partial charge on any atom is 0.238 e. The van der Waals surface area contributed by atoms with E-state index in [9.17, 15) is 9.59 Å². The van der Waals surface area contributed by atoms with Crippen molar-refractivity contribution in [2.45, 2.75) is 43.3 Å². The summed E-state index contributed by atoms with van der Waals surface area (Å²) >= 11 is 7.34. The fraction of sp³-hybridized carbons (Fsp3) is 0.333. The summed E-state index contributed by atoms with van der Waals surface area (Å²) in [7, 11) is 0. The summed E-state index contributed by atoms with van der Waals surface area (Å²) in [5.41, 5.74) is 2.33. The van der Waals surface area contributed by atoms with Crippen molar-refractivity contribution in [3.8, 4) is 5.75 Å². The summed E-state index contributed by atoms with van der Waals surface area (Å²) in [6.45, 7) is 4.72. The first-order chi connectivity index (χ1) is 13.5. The molecule has 2 N–H and O–H groups in total. The second-order valence-electron chi connectivity index (χ2n) is 6.67. The highest BCUT2D eigenvalue weighted by atomic mass is 35.5. The van der Waals surface area contributed by atoms with Crippen molar-refractivity contribution in [1.29, 1.82) is 0 Å². The van der Waals surface area contributed by atoms with E-state index in [2.05, 4.69) is 17.6 Å². The van der Waals surface area contributed by atoms with E-state index in [1.807, 2.05) is 31.2 Å². The molecule has 1 aliphatic rings. The van der Waals surface area contributed by atoms with Crippen LogP contribution in [0.1, 0.15) is 31.7 Å². The first-order valence-electron chi connectivity index (χ1n) is 9.26. The van der Waals surface area contributed by atoms with Crippen molar-refractivity contribution in [3.63, 3.8) is 0 Å². The van der Waals surface area contributed by atoms with Crippen LogP contribution in [0.3, 0.4) is 0 Å². The Morgan fingerprint density at radius 3 is 2.86 bits per heavy atom. The molecule has 28 heavy (non-hydrogen) atoms. The van der Waals surface area contributed by atoms with E-state index < -0.39 is 5.25 Å². The molecule has 1 unspecified atom stereocenters. The molecular weight excluding hydrogens is 396 g/mol. The van der Waals surface area contributed by atoms with Gasteiger partial charge in [-0.2, -0.15) is 0 Å². The van der Waals surface area contributed by atoms with Crippen molar-refractivity contribution in [1.82, 2.24) is 0 Å². The fourth-order valence-electron chi connectivity index (χ4n) is 2.83. The van der Waals surface area contributed by atoms with Gasteiger partial charge in [0.2, 0.25) is 11.8 Å². The van der Waals surface area contributed by atoms with Crippen LogP contribution in [0.5, 0.6) is 5.75 Å². The van der Waals surface area contributed by atoms with Gasteiger partial charge >= 0.3 is 0 Å². The zero-order valence-corrected chi connectivity index (χ0v) is 17.5. The summed E-state index contributed by atoms with van der Waals surface area (Å²) < 4.78 is 5.69. The van der Waals surface area contributed by atoms with Gasteiger partial charge in [-0.15, -0.1) is 11.8 Å². The molecule has 2 aromatic carbocycles. The summed E-state index contributed by atoms with van der Waals surface area (Å²) in [6, 6.07) is 10.9. The Balaban J connectivity index is 1.59. The van der Waals surface area contributed by atoms with Gasteiger partial charge in [0.1, 0.15) is 5.75 Å². The number of carbonyl (C=O) groups excluding carboxylic acids is 2. The average molecular weight is 419 g/mol. The number of hydrogen-bond acceptors (Lipinski definition) is 4. The Labute approximate surface area is 174 Å². The van der Waals surface area contributed by atoms with Gasteiger partial charge in [0.25, 0.3) is 0 Å². The van der Waals surface area contributed by atoms with Gasteiger partial charge in [0.15, 0.2) is 0 Å². The van der Waals surface area contributed by atoms with Crippen molar-refractivity contribution in [2.24, 2.45) is 0 Å². The number of anilines is 2. The molecule has 2 aromatic rings. The SMILES string of the molecule is CCCCOc1ccc(NC(=O)CC2Sc3ccc(Cl)cc3NC2=O)c(C)c1. The Hall–Kier alpha value is -2.18. The third kappa shape index (κ3) is 5.20. The van der Waals surface area contributed by atoms with E-state index >= 15 is 0 Å². The molecule has 0 aromatic heterocycles. The van der Waals surface area contributed by atoms with Gasteiger partial charge in [0.05, 0.1) is 17.5 Å². The number of unbranched alkanes of at least 4 members (excludes halogenated alkanes) is 1. The summed E-state index contributed by atoms with van der Waals surface area (Å²) in [4.78, 5) is 25.7. The fourth-order valence-corrected chi connectivity index (χ4v) is 4.09. The zero-order valence-electron chi connectivity index (χ0n) is 15.9. The Bertz CT molecular complexity index is 888. The van der Waals surface area contributed by atoms with Gasteiger partial charge in [-0.05, 0) is 55.3 Å². The van der Waals surface area contributed by atoms with Crippen LogP contribution < -0.4 is 15.4 Å². The largest absolute Gasteiger partial charge is 0.494 e. The summed E-state index contributed by atoms with van der Waals surface area (Å²) in [5, 5.41) is 5.80. The number of nitrogens with one attached hydrogen (secondary N) is 2. The maximum absolute atomic E-state index is 12.5. The minimum atomic E-state index is -0.481. The van der Waals surface area contributed by atoms with Crippen LogP contribution in [0.15, 0.2) is 41.3 Å². The lowest BCUT2D eigenvalue weighted by Gasteiger charge is -2.24. The molecule has 2 amide bonds. The maximum atomic E-state index is 12.5. The van der Waals surface area contributed by atoms with Crippen LogP contribution in [-0.4, -0.2) is 23.7 Å². The smallest absolute Gasteiger partial charge is 0.238 e. The molecule has 0 spiro atoms. The van der Waals surface area contributed by atoms with Gasteiger partial charge in [-0.25, -0.2) is 0 Å².